The van der Waals surface area contributed by atoms with Crippen molar-refractivity contribution in [2.45, 2.75) is 13.5 Å². The predicted octanol–water partition coefficient (Wildman–Crippen LogP) is 5.98. The van der Waals surface area contributed by atoms with Gasteiger partial charge in [-0.2, -0.15) is 0 Å². The highest BCUT2D eigenvalue weighted by atomic mass is 35.5. The number of carbonyl (C=O) groups excluding carboxylic acids is 3. The molecule has 0 saturated carbocycles. The molecule has 0 bridgehead atoms. The van der Waals surface area contributed by atoms with Gasteiger partial charge in [0.2, 0.25) is 17.7 Å². The van der Waals surface area contributed by atoms with Gasteiger partial charge in [0.25, 0.3) is 0 Å². The van der Waals surface area contributed by atoms with Crippen LogP contribution in [-0.2, 0) is 25.7 Å². The number of rotatable bonds is 11. The quantitative estimate of drug-likeness (QED) is 0.189. The first-order valence-electron chi connectivity index (χ1n) is 12.9. The summed E-state index contributed by atoms with van der Waals surface area (Å²) >= 11 is 19.4. The Morgan fingerprint density at radius 3 is 2.50 bits per heavy atom. The molecule has 4 rings (SSSR count). The lowest BCUT2D eigenvalue weighted by molar-refractivity contribution is -0.122. The largest absolute Gasteiger partial charge is 0.485 e. The number of methoxy groups -OCH3 is 1. The number of hydrogen-bond donors (Lipinski definition) is 2. The van der Waals surface area contributed by atoms with Crippen LogP contribution in [0.4, 0.5) is 11.4 Å². The number of hydrogen-bond acceptors (Lipinski definition) is 6. The molecule has 0 aliphatic rings. The number of carbonyl (C=O) groups is 3. The number of aryl methyl sites for hydroxylation is 1. The van der Waals surface area contributed by atoms with Crippen LogP contribution in [0.5, 0.6) is 5.75 Å². The van der Waals surface area contributed by atoms with E-state index >= 15 is 0 Å². The number of pyridine rings is 1. The van der Waals surface area contributed by atoms with Crippen LogP contribution in [-0.4, -0.2) is 54.4 Å². The molecule has 232 valence electrons. The number of halogens is 4. The first-order chi connectivity index (χ1) is 20.6. The average molecular weight is 681 g/mol. The lowest BCUT2D eigenvalue weighted by Gasteiger charge is -2.21. The van der Waals surface area contributed by atoms with Crippen LogP contribution in [0.1, 0.15) is 16.8 Å². The Balaban J connectivity index is 0.00000529. The third kappa shape index (κ3) is 8.43. The van der Waals surface area contributed by atoms with Crippen molar-refractivity contribution in [3.8, 4) is 5.75 Å². The normalized spacial score (nSPS) is 10.9. The number of aromatic nitrogens is 2. The fourth-order valence-corrected chi connectivity index (χ4v) is 4.80. The SMILES string of the molecule is COCC(=O)Nc1ccc(C=CC(=O)NCC(=O)N(C)c2ccc(Cl)c(COc3cccn4c(Cl)c(C)nc34)c2Cl)cc1.Cl. The van der Waals surface area contributed by atoms with Crippen molar-refractivity contribution in [3.05, 3.63) is 92.8 Å². The minimum atomic E-state index is -0.459. The lowest BCUT2D eigenvalue weighted by atomic mass is 10.2. The molecule has 0 spiro atoms. The molecule has 0 aliphatic heterocycles. The van der Waals surface area contributed by atoms with Crippen LogP contribution in [0.2, 0.25) is 15.2 Å². The highest BCUT2D eigenvalue weighted by molar-refractivity contribution is 6.38. The van der Waals surface area contributed by atoms with E-state index in [4.69, 9.17) is 44.3 Å². The Labute approximate surface area is 275 Å². The van der Waals surface area contributed by atoms with E-state index < -0.39 is 11.8 Å². The number of likely N-dealkylation sites (N-methyl/N-ethyl adjacent to an activating group) is 1. The highest BCUT2D eigenvalue weighted by Crippen LogP contribution is 2.35. The molecule has 2 aromatic carbocycles. The van der Waals surface area contributed by atoms with Crippen molar-refractivity contribution in [1.82, 2.24) is 14.7 Å². The molecule has 3 amide bonds. The summed E-state index contributed by atoms with van der Waals surface area (Å²) in [5, 5.41) is 6.34. The van der Waals surface area contributed by atoms with Crippen LogP contribution in [0.25, 0.3) is 11.7 Å². The molecular formula is C30H29Cl4N5O5. The van der Waals surface area contributed by atoms with E-state index in [0.29, 0.717) is 44.2 Å². The zero-order valence-electron chi connectivity index (χ0n) is 23.9. The number of nitrogens with one attached hydrogen (secondary N) is 2. The molecule has 2 N–H and O–H groups in total. The summed E-state index contributed by atoms with van der Waals surface area (Å²) in [7, 11) is 2.99. The zero-order chi connectivity index (χ0) is 31.1. The molecule has 0 atom stereocenters. The molecule has 0 fully saturated rings. The summed E-state index contributed by atoms with van der Waals surface area (Å²) < 4.78 is 12.5. The summed E-state index contributed by atoms with van der Waals surface area (Å²) in [4.78, 5) is 42.6. The molecule has 2 heterocycles. The van der Waals surface area contributed by atoms with E-state index in [1.807, 2.05) is 0 Å². The van der Waals surface area contributed by atoms with E-state index in [0.717, 1.165) is 5.56 Å². The van der Waals surface area contributed by atoms with Crippen LogP contribution in [0.3, 0.4) is 0 Å². The van der Waals surface area contributed by atoms with Crippen molar-refractivity contribution < 1.29 is 23.9 Å². The van der Waals surface area contributed by atoms with Gasteiger partial charge in [-0.05, 0) is 55.0 Å². The maximum absolute atomic E-state index is 12.9. The van der Waals surface area contributed by atoms with Crippen molar-refractivity contribution in [2.75, 3.05) is 37.5 Å². The van der Waals surface area contributed by atoms with Gasteiger partial charge in [-0.15, -0.1) is 12.4 Å². The third-order valence-corrected chi connectivity index (χ3v) is 7.53. The van der Waals surface area contributed by atoms with Crippen molar-refractivity contribution in [3.63, 3.8) is 0 Å². The van der Waals surface area contributed by atoms with Gasteiger partial charge in [0, 0.05) is 42.7 Å². The number of amides is 3. The fraction of sp³-hybridized carbons (Fsp3) is 0.200. The molecule has 0 aliphatic carbocycles. The molecule has 0 saturated heterocycles. The van der Waals surface area contributed by atoms with Crippen molar-refractivity contribution in [1.29, 1.82) is 0 Å². The van der Waals surface area contributed by atoms with Crippen molar-refractivity contribution in [2.24, 2.45) is 0 Å². The molecule has 44 heavy (non-hydrogen) atoms. The summed E-state index contributed by atoms with van der Waals surface area (Å²) in [6, 6.07) is 13.7. The molecule has 0 unspecified atom stereocenters. The maximum Gasteiger partial charge on any atom is 0.250 e. The number of ether oxygens (including phenoxy) is 2. The van der Waals surface area contributed by atoms with E-state index in [-0.39, 0.29) is 43.1 Å². The second kappa shape index (κ2) is 15.8. The number of anilines is 2. The molecule has 10 nitrogen and oxygen atoms in total. The topological polar surface area (TPSA) is 114 Å². The Morgan fingerprint density at radius 1 is 1.07 bits per heavy atom. The van der Waals surface area contributed by atoms with Gasteiger partial charge >= 0.3 is 0 Å². The monoisotopic (exact) mass is 679 g/mol. The van der Waals surface area contributed by atoms with Gasteiger partial charge in [0.15, 0.2) is 11.4 Å². The van der Waals surface area contributed by atoms with E-state index in [2.05, 4.69) is 15.6 Å². The van der Waals surface area contributed by atoms with Gasteiger partial charge in [0.1, 0.15) is 18.4 Å². The first kappa shape index (κ1) is 34.7. The molecule has 14 heteroatoms. The summed E-state index contributed by atoms with van der Waals surface area (Å²) in [5.74, 6) is -0.645. The minimum absolute atomic E-state index is 0. The van der Waals surface area contributed by atoms with Gasteiger partial charge in [-0.1, -0.05) is 46.9 Å². The number of benzene rings is 2. The van der Waals surface area contributed by atoms with Crippen LogP contribution in [0.15, 0.2) is 60.8 Å². The summed E-state index contributed by atoms with van der Waals surface area (Å²) in [6.45, 7) is 1.50. The second-order valence-corrected chi connectivity index (χ2v) is 10.5. The summed E-state index contributed by atoms with van der Waals surface area (Å²) in [5.41, 5.74) is 3.42. The average Bonchev–Trinajstić information content (AvgIpc) is 3.28. The molecule has 0 radical (unpaired) electrons. The van der Waals surface area contributed by atoms with E-state index in [9.17, 15) is 14.4 Å². The van der Waals surface area contributed by atoms with Crippen LogP contribution in [0, 0.1) is 6.92 Å². The standard InChI is InChI=1S/C30H28Cl3N5O5.ClH/c1-18-29(33)38-14-4-5-24(30(38)35-18)43-16-21-22(31)11-12-23(28(21)32)37(2)27(41)15-34-25(39)13-8-19-6-9-20(10-7-19)36-26(40)17-42-3;/h4-14H,15-17H2,1-3H3,(H,34,39)(H,36,40);1H. The Hall–Kier alpha value is -3.80. The van der Waals surface area contributed by atoms with Gasteiger partial charge in [0.05, 0.1) is 22.9 Å². The minimum Gasteiger partial charge on any atom is -0.485 e. The van der Waals surface area contributed by atoms with Crippen LogP contribution >= 0.6 is 47.2 Å². The lowest BCUT2D eigenvalue weighted by Crippen LogP contribution is -2.37. The highest BCUT2D eigenvalue weighted by Gasteiger charge is 2.20. The number of nitrogens with zero attached hydrogens (tertiary/aromatic N) is 3. The summed E-state index contributed by atoms with van der Waals surface area (Å²) in [6.07, 6.45) is 4.68. The first-order valence-corrected chi connectivity index (χ1v) is 14.1. The molecular weight excluding hydrogens is 652 g/mol. The third-order valence-electron chi connectivity index (χ3n) is 6.30. The fourth-order valence-electron chi connectivity index (χ4n) is 4.02. The zero-order valence-corrected chi connectivity index (χ0v) is 27.0. The van der Waals surface area contributed by atoms with Crippen LogP contribution < -0.4 is 20.3 Å². The smallest absolute Gasteiger partial charge is 0.250 e. The van der Waals surface area contributed by atoms with E-state index in [1.54, 1.807) is 79.2 Å². The number of imidazole rings is 1. The van der Waals surface area contributed by atoms with Gasteiger partial charge in [-0.25, -0.2) is 4.98 Å². The van der Waals surface area contributed by atoms with Gasteiger partial charge in [-0.3, -0.25) is 18.8 Å². The number of fused-ring (bicyclic) bond motifs is 1. The Kier molecular flexibility index (Phi) is 12.4. The molecule has 4 aromatic rings. The van der Waals surface area contributed by atoms with E-state index in [1.165, 1.54) is 18.1 Å². The second-order valence-electron chi connectivity index (χ2n) is 9.31. The Bertz CT molecular complexity index is 1690. The van der Waals surface area contributed by atoms with Crippen molar-refractivity contribution >= 4 is 88.0 Å². The molecule has 2 aromatic heterocycles. The maximum atomic E-state index is 12.9. The Morgan fingerprint density at radius 2 is 1.80 bits per heavy atom. The predicted molar refractivity (Wildman–Crippen MR) is 175 cm³/mol. The van der Waals surface area contributed by atoms with Gasteiger partial charge < -0.3 is 25.0 Å².